The number of fused-ring (bicyclic) bond motifs is 2. The molecule has 1 aliphatic rings. The van der Waals surface area contributed by atoms with E-state index in [1.54, 1.807) is 10.7 Å². The number of ether oxygens (including phenoxy) is 1. The van der Waals surface area contributed by atoms with Gasteiger partial charge < -0.3 is 14.9 Å². The van der Waals surface area contributed by atoms with E-state index in [-0.39, 0.29) is 12.1 Å². The van der Waals surface area contributed by atoms with Crippen LogP contribution in [-0.4, -0.2) is 26.7 Å². The molecule has 3 heterocycles. The van der Waals surface area contributed by atoms with Gasteiger partial charge in [0.2, 0.25) is 5.88 Å². The molecule has 3 aromatic heterocycles. The summed E-state index contributed by atoms with van der Waals surface area (Å²) < 4.78 is 13.7. The van der Waals surface area contributed by atoms with Crippen molar-refractivity contribution >= 4 is 16.6 Å². The third kappa shape index (κ3) is 2.46. The molecular formula is C19H18N4O2. The molecule has 6 heteroatoms. The van der Waals surface area contributed by atoms with E-state index in [0.29, 0.717) is 5.88 Å². The third-order valence-corrected chi connectivity index (χ3v) is 4.79. The van der Waals surface area contributed by atoms with E-state index in [9.17, 15) is 0 Å². The van der Waals surface area contributed by atoms with Crippen molar-refractivity contribution in [2.75, 3.05) is 0 Å². The normalized spacial score (nSPS) is 20.5. The monoisotopic (exact) mass is 334 g/mol. The average Bonchev–Trinajstić information content (AvgIpc) is 3.33. The van der Waals surface area contributed by atoms with E-state index in [1.165, 1.54) is 0 Å². The van der Waals surface area contributed by atoms with Crippen molar-refractivity contribution < 1.29 is 9.15 Å². The first-order valence-corrected chi connectivity index (χ1v) is 8.54. The number of nitrogens with zero attached hydrogens (tertiary/aromatic N) is 3. The summed E-state index contributed by atoms with van der Waals surface area (Å²) in [6.45, 7) is 0. The molecule has 1 aromatic carbocycles. The molecule has 2 atom stereocenters. The van der Waals surface area contributed by atoms with Gasteiger partial charge in [-0.15, -0.1) is 5.10 Å². The van der Waals surface area contributed by atoms with Gasteiger partial charge in [0.25, 0.3) is 0 Å². The molecule has 25 heavy (non-hydrogen) atoms. The number of nitrogens with two attached hydrogens (primary N) is 1. The van der Waals surface area contributed by atoms with E-state index >= 15 is 0 Å². The largest absolute Gasteiger partial charge is 0.472 e. The predicted molar refractivity (Wildman–Crippen MR) is 94.4 cm³/mol. The molecule has 5 rings (SSSR count). The van der Waals surface area contributed by atoms with Gasteiger partial charge in [0.1, 0.15) is 17.4 Å². The van der Waals surface area contributed by atoms with Crippen LogP contribution in [0.25, 0.3) is 28.1 Å². The summed E-state index contributed by atoms with van der Waals surface area (Å²) in [4.78, 5) is 4.41. The summed E-state index contributed by atoms with van der Waals surface area (Å²) in [5, 5.41) is 5.65. The van der Waals surface area contributed by atoms with Crippen LogP contribution < -0.4 is 10.5 Å². The van der Waals surface area contributed by atoms with Crippen LogP contribution in [-0.2, 0) is 0 Å². The van der Waals surface area contributed by atoms with Crippen LogP contribution in [0, 0.1) is 0 Å². The lowest BCUT2D eigenvalue weighted by molar-refractivity contribution is 0.181. The molecule has 1 saturated carbocycles. The molecule has 1 fully saturated rings. The summed E-state index contributed by atoms with van der Waals surface area (Å²) in [7, 11) is 0. The number of rotatable bonds is 3. The smallest absolute Gasteiger partial charge is 0.232 e. The van der Waals surface area contributed by atoms with Crippen LogP contribution in [0.5, 0.6) is 5.88 Å². The number of benzene rings is 1. The van der Waals surface area contributed by atoms with Crippen molar-refractivity contribution in [3.8, 4) is 17.3 Å². The number of hydrogen-bond donors (Lipinski definition) is 1. The first-order chi connectivity index (χ1) is 12.3. The lowest BCUT2D eigenvalue weighted by atomic mass is 10.2. The third-order valence-electron chi connectivity index (χ3n) is 4.79. The quantitative estimate of drug-likeness (QED) is 0.621. The molecule has 0 radical (unpaired) electrons. The highest BCUT2D eigenvalue weighted by molar-refractivity contribution is 5.82. The number of hydrogen-bond acceptors (Lipinski definition) is 5. The minimum absolute atomic E-state index is 0.0307. The van der Waals surface area contributed by atoms with Crippen molar-refractivity contribution in [2.45, 2.75) is 31.4 Å². The van der Waals surface area contributed by atoms with E-state index in [4.69, 9.17) is 14.9 Å². The fourth-order valence-electron chi connectivity index (χ4n) is 3.45. The lowest BCUT2D eigenvalue weighted by Crippen LogP contribution is -2.33. The molecule has 126 valence electrons. The first kappa shape index (κ1) is 14.5. The Morgan fingerprint density at radius 2 is 2.08 bits per heavy atom. The zero-order chi connectivity index (χ0) is 16.8. The van der Waals surface area contributed by atoms with Gasteiger partial charge in [-0.25, -0.2) is 9.50 Å². The highest BCUT2D eigenvalue weighted by Crippen LogP contribution is 2.29. The Labute approximate surface area is 144 Å². The van der Waals surface area contributed by atoms with Gasteiger partial charge in [0.15, 0.2) is 11.4 Å². The summed E-state index contributed by atoms with van der Waals surface area (Å²) in [5.41, 5.74) is 8.49. The molecule has 2 N–H and O–H groups in total. The van der Waals surface area contributed by atoms with Crippen LogP contribution in [0.2, 0.25) is 0 Å². The van der Waals surface area contributed by atoms with Crippen molar-refractivity contribution in [3.05, 3.63) is 48.7 Å². The SMILES string of the molecule is N[C@H]1CCC[C@H]1Oc1ccc2ncc(-c3cc4ccccc4o3)n2n1. The van der Waals surface area contributed by atoms with Gasteiger partial charge in [-0.05, 0) is 37.5 Å². The molecule has 0 saturated heterocycles. The second kappa shape index (κ2) is 5.60. The van der Waals surface area contributed by atoms with Crippen molar-refractivity contribution in [3.63, 3.8) is 0 Å². The Hall–Kier alpha value is -2.86. The van der Waals surface area contributed by atoms with Crippen molar-refractivity contribution in [1.82, 2.24) is 14.6 Å². The average molecular weight is 334 g/mol. The standard InChI is InChI=1S/C19H18N4O2/c20-13-5-3-7-16(13)25-19-9-8-18-21-11-14(23(18)22-19)17-10-12-4-1-2-6-15(12)24-17/h1-2,4,6,8-11,13,16H,3,5,7,20H2/t13-,16+/m0/s1. The van der Waals surface area contributed by atoms with Gasteiger partial charge in [0.05, 0.1) is 6.20 Å². The fraction of sp³-hybridized carbons (Fsp3) is 0.263. The first-order valence-electron chi connectivity index (χ1n) is 8.54. The zero-order valence-electron chi connectivity index (χ0n) is 13.6. The lowest BCUT2D eigenvalue weighted by Gasteiger charge is -2.16. The Bertz CT molecular complexity index is 1020. The molecular weight excluding hydrogens is 316 g/mol. The van der Waals surface area contributed by atoms with Gasteiger partial charge in [0, 0.05) is 17.5 Å². The Balaban J connectivity index is 1.55. The molecule has 0 bridgehead atoms. The second-order valence-corrected chi connectivity index (χ2v) is 6.48. The van der Waals surface area contributed by atoms with Crippen molar-refractivity contribution in [1.29, 1.82) is 0 Å². The predicted octanol–water partition coefficient (Wildman–Crippen LogP) is 3.40. The zero-order valence-corrected chi connectivity index (χ0v) is 13.6. The molecule has 0 aliphatic heterocycles. The summed E-state index contributed by atoms with van der Waals surface area (Å²) in [5.74, 6) is 1.29. The summed E-state index contributed by atoms with van der Waals surface area (Å²) >= 11 is 0. The maximum Gasteiger partial charge on any atom is 0.232 e. The van der Waals surface area contributed by atoms with E-state index in [0.717, 1.165) is 47.3 Å². The van der Waals surface area contributed by atoms with E-state index < -0.39 is 0 Å². The minimum atomic E-state index is 0.0307. The molecule has 0 spiro atoms. The molecule has 0 amide bonds. The topological polar surface area (TPSA) is 78.6 Å². The van der Waals surface area contributed by atoms with Crippen LogP contribution in [0.4, 0.5) is 0 Å². The maximum absolute atomic E-state index is 6.10. The number of para-hydroxylation sites is 1. The number of furan rings is 1. The fourth-order valence-corrected chi connectivity index (χ4v) is 3.45. The van der Waals surface area contributed by atoms with Crippen LogP contribution in [0.1, 0.15) is 19.3 Å². The summed E-state index contributed by atoms with van der Waals surface area (Å²) in [6.07, 6.45) is 4.88. The second-order valence-electron chi connectivity index (χ2n) is 6.48. The van der Waals surface area contributed by atoms with Crippen LogP contribution in [0.3, 0.4) is 0 Å². The van der Waals surface area contributed by atoms with E-state index in [1.807, 2.05) is 42.5 Å². The molecule has 0 unspecified atom stereocenters. The Morgan fingerprint density at radius 3 is 2.92 bits per heavy atom. The van der Waals surface area contributed by atoms with Crippen LogP contribution >= 0.6 is 0 Å². The Kier molecular flexibility index (Phi) is 3.24. The Morgan fingerprint density at radius 1 is 1.16 bits per heavy atom. The van der Waals surface area contributed by atoms with Gasteiger partial charge in [-0.2, -0.15) is 0 Å². The van der Waals surface area contributed by atoms with E-state index in [2.05, 4.69) is 10.1 Å². The highest BCUT2D eigenvalue weighted by atomic mass is 16.5. The molecule has 1 aliphatic carbocycles. The highest BCUT2D eigenvalue weighted by Gasteiger charge is 2.26. The van der Waals surface area contributed by atoms with Gasteiger partial charge in [-0.1, -0.05) is 18.2 Å². The number of imidazole rings is 1. The minimum Gasteiger partial charge on any atom is -0.472 e. The number of aromatic nitrogens is 3. The summed E-state index contributed by atoms with van der Waals surface area (Å²) in [6, 6.07) is 13.7. The van der Waals surface area contributed by atoms with Crippen LogP contribution in [0.15, 0.2) is 53.1 Å². The maximum atomic E-state index is 6.10. The molecule has 6 nitrogen and oxygen atoms in total. The van der Waals surface area contributed by atoms with Gasteiger partial charge >= 0.3 is 0 Å². The van der Waals surface area contributed by atoms with Gasteiger partial charge in [-0.3, -0.25) is 0 Å². The molecule has 4 aromatic rings. The van der Waals surface area contributed by atoms with Crippen molar-refractivity contribution in [2.24, 2.45) is 5.73 Å².